The smallest absolute Gasteiger partial charge is 0.0481 e. The lowest BCUT2D eigenvalue weighted by Gasteiger charge is -2.19. The van der Waals surface area contributed by atoms with Crippen LogP contribution in [0, 0.1) is 0 Å². The van der Waals surface area contributed by atoms with E-state index in [0.29, 0.717) is 0 Å². The van der Waals surface area contributed by atoms with Gasteiger partial charge in [0, 0.05) is 30.7 Å². The van der Waals surface area contributed by atoms with E-state index in [0.717, 1.165) is 6.54 Å². The Balaban J connectivity index is 2.62. The number of aromatic nitrogens is 1. The molecule has 0 saturated carbocycles. The highest BCUT2D eigenvalue weighted by molar-refractivity contribution is 5.84. The monoisotopic (exact) mass is 230 g/mol. The third-order valence-corrected chi connectivity index (χ3v) is 3.31. The molecule has 1 heterocycles. The van der Waals surface area contributed by atoms with Gasteiger partial charge in [-0.05, 0) is 35.7 Å². The maximum absolute atomic E-state index is 3.23. The van der Waals surface area contributed by atoms with Crippen LogP contribution in [-0.2, 0) is 19.0 Å². The lowest BCUT2D eigenvalue weighted by molar-refractivity contribution is 0.591. The van der Waals surface area contributed by atoms with Crippen molar-refractivity contribution in [3.8, 4) is 0 Å². The molecule has 0 bridgehead atoms. The van der Waals surface area contributed by atoms with Crippen molar-refractivity contribution in [2.45, 2.75) is 32.7 Å². The van der Waals surface area contributed by atoms with Crippen molar-refractivity contribution < 1.29 is 0 Å². The average Bonchev–Trinajstić information content (AvgIpc) is 2.55. The van der Waals surface area contributed by atoms with Gasteiger partial charge in [-0.25, -0.2) is 0 Å². The lowest BCUT2D eigenvalue weighted by Crippen LogP contribution is -2.11. The Hall–Kier alpha value is -1.28. The first-order valence-electron chi connectivity index (χ1n) is 6.16. The van der Waals surface area contributed by atoms with E-state index in [4.69, 9.17) is 0 Å². The second kappa shape index (κ2) is 4.19. The van der Waals surface area contributed by atoms with Gasteiger partial charge in [-0.1, -0.05) is 26.8 Å². The molecule has 0 radical (unpaired) electrons. The number of hydrogen-bond acceptors (Lipinski definition) is 1. The van der Waals surface area contributed by atoms with Crippen LogP contribution in [0.4, 0.5) is 0 Å². The highest BCUT2D eigenvalue weighted by Gasteiger charge is 2.15. The Morgan fingerprint density at radius 1 is 1.24 bits per heavy atom. The van der Waals surface area contributed by atoms with E-state index >= 15 is 0 Å². The fourth-order valence-corrected chi connectivity index (χ4v) is 2.27. The summed E-state index contributed by atoms with van der Waals surface area (Å²) in [5.41, 5.74) is 4.29. The summed E-state index contributed by atoms with van der Waals surface area (Å²) in [5.74, 6) is 0. The number of rotatable bonds is 2. The molecule has 17 heavy (non-hydrogen) atoms. The number of hydrogen-bond donors (Lipinski definition) is 1. The summed E-state index contributed by atoms with van der Waals surface area (Å²) >= 11 is 0. The summed E-state index contributed by atoms with van der Waals surface area (Å²) in [5, 5.41) is 4.60. The molecule has 0 aliphatic rings. The summed E-state index contributed by atoms with van der Waals surface area (Å²) in [4.78, 5) is 0. The molecule has 2 rings (SSSR count). The summed E-state index contributed by atoms with van der Waals surface area (Å²) in [7, 11) is 4.10. The minimum absolute atomic E-state index is 0.209. The second-order valence-electron chi connectivity index (χ2n) is 5.78. The molecule has 0 unspecified atom stereocenters. The second-order valence-corrected chi connectivity index (χ2v) is 5.78. The fraction of sp³-hybridized carbons (Fsp3) is 0.467. The summed E-state index contributed by atoms with van der Waals surface area (Å²) in [6, 6.07) is 6.81. The van der Waals surface area contributed by atoms with Gasteiger partial charge in [0.1, 0.15) is 0 Å². The largest absolute Gasteiger partial charge is 0.350 e. The van der Waals surface area contributed by atoms with Crippen LogP contribution in [0.25, 0.3) is 10.9 Å². The molecule has 2 heteroatoms. The SMILES string of the molecule is CNCc1cn(C)c2ccc(C(C)(C)C)cc12. The van der Waals surface area contributed by atoms with Crippen molar-refractivity contribution in [3.63, 3.8) is 0 Å². The molecule has 1 N–H and O–H groups in total. The third kappa shape index (κ3) is 2.22. The van der Waals surface area contributed by atoms with Crippen LogP contribution in [0.3, 0.4) is 0 Å². The molecule has 0 saturated heterocycles. The van der Waals surface area contributed by atoms with Gasteiger partial charge in [0.2, 0.25) is 0 Å². The van der Waals surface area contributed by atoms with Crippen LogP contribution in [0.15, 0.2) is 24.4 Å². The van der Waals surface area contributed by atoms with Crippen molar-refractivity contribution in [2.24, 2.45) is 7.05 Å². The van der Waals surface area contributed by atoms with Gasteiger partial charge in [0.15, 0.2) is 0 Å². The van der Waals surface area contributed by atoms with E-state index in [-0.39, 0.29) is 5.41 Å². The van der Waals surface area contributed by atoms with Crippen LogP contribution in [0.1, 0.15) is 31.9 Å². The van der Waals surface area contributed by atoms with Gasteiger partial charge in [-0.3, -0.25) is 0 Å². The van der Waals surface area contributed by atoms with E-state index in [2.05, 4.69) is 62.1 Å². The normalized spacial score (nSPS) is 12.3. The summed E-state index contributed by atoms with van der Waals surface area (Å²) in [6.07, 6.45) is 2.22. The number of nitrogens with one attached hydrogen (secondary N) is 1. The zero-order valence-electron chi connectivity index (χ0n) is 11.5. The minimum Gasteiger partial charge on any atom is -0.350 e. The molecule has 0 amide bonds. The first-order chi connectivity index (χ1) is 7.93. The number of nitrogens with zero attached hydrogens (tertiary/aromatic N) is 1. The quantitative estimate of drug-likeness (QED) is 0.838. The van der Waals surface area contributed by atoms with E-state index in [9.17, 15) is 0 Å². The van der Waals surface area contributed by atoms with Crippen LogP contribution in [0.2, 0.25) is 0 Å². The Kier molecular flexibility index (Phi) is 3.00. The van der Waals surface area contributed by atoms with E-state index in [1.807, 2.05) is 7.05 Å². The Labute approximate surface area is 104 Å². The molecule has 2 nitrogen and oxygen atoms in total. The standard InChI is InChI=1S/C15H22N2/c1-15(2,3)12-6-7-14-13(8-12)11(9-16-4)10-17(14)5/h6-8,10,16H,9H2,1-5H3. The van der Waals surface area contributed by atoms with Crippen LogP contribution < -0.4 is 5.32 Å². The van der Waals surface area contributed by atoms with Gasteiger partial charge < -0.3 is 9.88 Å². The van der Waals surface area contributed by atoms with Gasteiger partial charge in [-0.15, -0.1) is 0 Å². The number of benzene rings is 1. The van der Waals surface area contributed by atoms with E-state index in [1.54, 1.807) is 0 Å². The fourth-order valence-electron chi connectivity index (χ4n) is 2.27. The summed E-state index contributed by atoms with van der Waals surface area (Å²) < 4.78 is 2.20. The third-order valence-electron chi connectivity index (χ3n) is 3.31. The molecule has 2 aromatic rings. The van der Waals surface area contributed by atoms with Gasteiger partial charge >= 0.3 is 0 Å². The van der Waals surface area contributed by atoms with Gasteiger partial charge in [0.25, 0.3) is 0 Å². The molecule has 1 aromatic carbocycles. The zero-order valence-corrected chi connectivity index (χ0v) is 11.5. The summed E-state index contributed by atoms with van der Waals surface area (Å²) in [6.45, 7) is 7.70. The Bertz CT molecular complexity index is 530. The van der Waals surface area contributed by atoms with Crippen molar-refractivity contribution in [1.82, 2.24) is 9.88 Å². The van der Waals surface area contributed by atoms with Crippen molar-refractivity contribution in [3.05, 3.63) is 35.5 Å². The molecule has 1 aromatic heterocycles. The number of aryl methyl sites for hydroxylation is 1. The zero-order chi connectivity index (χ0) is 12.6. The molecule has 0 spiro atoms. The molecule has 0 fully saturated rings. The Morgan fingerprint density at radius 3 is 2.53 bits per heavy atom. The van der Waals surface area contributed by atoms with Crippen LogP contribution in [-0.4, -0.2) is 11.6 Å². The molecule has 92 valence electrons. The van der Waals surface area contributed by atoms with E-state index < -0.39 is 0 Å². The maximum Gasteiger partial charge on any atom is 0.0481 e. The first kappa shape index (κ1) is 12.2. The molecule has 0 aliphatic carbocycles. The molecule has 0 atom stereocenters. The van der Waals surface area contributed by atoms with Gasteiger partial charge in [0.05, 0.1) is 0 Å². The maximum atomic E-state index is 3.23. The lowest BCUT2D eigenvalue weighted by atomic mass is 9.86. The average molecular weight is 230 g/mol. The van der Waals surface area contributed by atoms with Crippen LogP contribution in [0.5, 0.6) is 0 Å². The highest BCUT2D eigenvalue weighted by Crippen LogP contribution is 2.28. The first-order valence-corrected chi connectivity index (χ1v) is 6.16. The van der Waals surface area contributed by atoms with Crippen LogP contribution >= 0.6 is 0 Å². The van der Waals surface area contributed by atoms with Crippen molar-refractivity contribution in [1.29, 1.82) is 0 Å². The van der Waals surface area contributed by atoms with E-state index in [1.165, 1.54) is 22.0 Å². The minimum atomic E-state index is 0.209. The predicted molar refractivity (Wildman–Crippen MR) is 74.4 cm³/mol. The van der Waals surface area contributed by atoms with Crippen molar-refractivity contribution in [2.75, 3.05) is 7.05 Å². The van der Waals surface area contributed by atoms with Crippen molar-refractivity contribution >= 4 is 10.9 Å². The molecule has 0 aliphatic heterocycles. The van der Waals surface area contributed by atoms with Gasteiger partial charge in [-0.2, -0.15) is 0 Å². The highest BCUT2D eigenvalue weighted by atomic mass is 14.9. The Morgan fingerprint density at radius 2 is 1.94 bits per heavy atom. The molecular formula is C15H22N2. The molecular weight excluding hydrogens is 208 g/mol. The number of fused-ring (bicyclic) bond motifs is 1. The predicted octanol–water partition coefficient (Wildman–Crippen LogP) is 3.20. The topological polar surface area (TPSA) is 17.0 Å².